The number of amides is 1. The second-order valence-corrected chi connectivity index (χ2v) is 6.80. The number of halogens is 1. The molecule has 0 bridgehead atoms. The van der Waals surface area contributed by atoms with Crippen LogP contribution < -0.4 is 5.43 Å². The van der Waals surface area contributed by atoms with Crippen LogP contribution in [0.2, 0.25) is 5.02 Å². The van der Waals surface area contributed by atoms with Crippen molar-refractivity contribution in [2.45, 2.75) is 0 Å². The number of aromatic nitrogens is 2. The minimum absolute atomic E-state index is 0.334. The quantitative estimate of drug-likeness (QED) is 0.359. The largest absolute Gasteiger partial charge is 0.289 e. The number of benzene rings is 3. The molecule has 0 spiro atoms. The fraction of sp³-hybridized carbons (Fsp3) is 0. The Bertz CT molecular complexity index is 1130. The van der Waals surface area contributed by atoms with E-state index in [2.05, 4.69) is 32.9 Å². The van der Waals surface area contributed by atoms with Gasteiger partial charge in [0.05, 0.1) is 11.9 Å². The van der Waals surface area contributed by atoms with Gasteiger partial charge in [-0.15, -0.1) is 0 Å². The lowest BCUT2D eigenvalue weighted by atomic mass is 10.0. The highest BCUT2D eigenvalue weighted by atomic mass is 35.5. The minimum Gasteiger partial charge on any atom is -0.272 e. The summed E-state index contributed by atoms with van der Waals surface area (Å²) in [6, 6.07) is 27.0. The number of carbonyl (C=O) groups excluding carboxylic acids is 1. The van der Waals surface area contributed by atoms with E-state index in [1.54, 1.807) is 24.4 Å². The van der Waals surface area contributed by atoms with Crippen molar-refractivity contribution >= 4 is 23.7 Å². The number of hydrogen-bond acceptors (Lipinski definition) is 3. The van der Waals surface area contributed by atoms with Crippen molar-refractivity contribution in [3.05, 3.63) is 101 Å². The summed E-state index contributed by atoms with van der Waals surface area (Å²) in [5.41, 5.74) is 7.54. The Hall–Kier alpha value is -3.70. The third-order valence-corrected chi connectivity index (χ3v) is 4.61. The SMILES string of the molecule is O=C(NN=Cc1ccc(Cl)cc1)c1cc(-c2ccc(-c3ccccc3)cc2)n[nH]1. The second kappa shape index (κ2) is 8.54. The number of nitrogens with one attached hydrogen (secondary N) is 2. The van der Waals surface area contributed by atoms with E-state index in [0.29, 0.717) is 16.4 Å². The Balaban J connectivity index is 1.42. The Kier molecular flexibility index (Phi) is 5.49. The maximum absolute atomic E-state index is 12.3. The van der Waals surface area contributed by atoms with E-state index >= 15 is 0 Å². The van der Waals surface area contributed by atoms with Crippen LogP contribution in [-0.4, -0.2) is 22.3 Å². The number of hydrazone groups is 1. The van der Waals surface area contributed by atoms with Crippen LogP contribution in [0.25, 0.3) is 22.4 Å². The summed E-state index contributed by atoms with van der Waals surface area (Å²) >= 11 is 5.84. The molecule has 0 atom stereocenters. The van der Waals surface area contributed by atoms with Gasteiger partial charge in [-0.05, 0) is 34.9 Å². The van der Waals surface area contributed by atoms with Crippen LogP contribution in [0.15, 0.2) is 90.0 Å². The summed E-state index contributed by atoms with van der Waals surface area (Å²) in [7, 11) is 0. The predicted octanol–water partition coefficient (Wildman–Crippen LogP) is 5.16. The molecule has 0 aliphatic heterocycles. The summed E-state index contributed by atoms with van der Waals surface area (Å²) < 4.78 is 0. The third-order valence-electron chi connectivity index (χ3n) is 4.36. The lowest BCUT2D eigenvalue weighted by Crippen LogP contribution is -2.17. The number of hydrogen-bond donors (Lipinski definition) is 2. The number of carbonyl (C=O) groups is 1. The Labute approximate surface area is 173 Å². The highest BCUT2D eigenvalue weighted by molar-refractivity contribution is 6.30. The Morgan fingerprint density at radius 2 is 1.55 bits per heavy atom. The van der Waals surface area contributed by atoms with Gasteiger partial charge in [0.2, 0.25) is 0 Å². The molecule has 0 saturated carbocycles. The maximum atomic E-state index is 12.3. The predicted molar refractivity (Wildman–Crippen MR) is 116 cm³/mol. The summed E-state index contributed by atoms with van der Waals surface area (Å²) in [6.45, 7) is 0. The number of nitrogens with zero attached hydrogens (tertiary/aromatic N) is 2. The van der Waals surface area contributed by atoms with E-state index in [1.165, 1.54) is 0 Å². The highest BCUT2D eigenvalue weighted by Gasteiger charge is 2.10. The van der Waals surface area contributed by atoms with Crippen molar-refractivity contribution in [2.24, 2.45) is 5.10 Å². The standard InChI is InChI=1S/C23H17ClN4O/c24-20-12-6-16(7-13-20)15-25-28-23(29)22-14-21(26-27-22)19-10-8-18(9-11-19)17-4-2-1-3-5-17/h1-15H,(H,26,27)(H,28,29). The molecule has 1 aromatic heterocycles. The van der Waals surface area contributed by atoms with Crippen molar-refractivity contribution in [1.29, 1.82) is 0 Å². The normalized spacial score (nSPS) is 10.9. The molecule has 4 rings (SSSR count). The van der Waals surface area contributed by atoms with Crippen molar-refractivity contribution in [2.75, 3.05) is 0 Å². The summed E-state index contributed by atoms with van der Waals surface area (Å²) in [4.78, 5) is 12.3. The molecule has 6 heteroatoms. The first-order valence-electron chi connectivity index (χ1n) is 8.99. The van der Waals surface area contributed by atoms with Crippen LogP contribution in [-0.2, 0) is 0 Å². The van der Waals surface area contributed by atoms with Gasteiger partial charge >= 0.3 is 0 Å². The zero-order chi connectivity index (χ0) is 20.1. The van der Waals surface area contributed by atoms with Gasteiger partial charge in [-0.1, -0.05) is 78.3 Å². The van der Waals surface area contributed by atoms with Crippen LogP contribution in [0.3, 0.4) is 0 Å². The van der Waals surface area contributed by atoms with E-state index < -0.39 is 0 Å². The molecule has 1 amide bonds. The van der Waals surface area contributed by atoms with E-state index in [0.717, 1.165) is 22.3 Å². The molecule has 0 unspecified atom stereocenters. The van der Waals surface area contributed by atoms with Gasteiger partial charge in [-0.25, -0.2) is 5.43 Å². The molecule has 1 heterocycles. The topological polar surface area (TPSA) is 70.1 Å². The van der Waals surface area contributed by atoms with Crippen LogP contribution in [0, 0.1) is 0 Å². The van der Waals surface area contributed by atoms with Crippen molar-refractivity contribution in [3.8, 4) is 22.4 Å². The third kappa shape index (κ3) is 4.59. The molecule has 2 N–H and O–H groups in total. The van der Waals surface area contributed by atoms with Gasteiger partial charge in [-0.3, -0.25) is 9.89 Å². The Morgan fingerprint density at radius 1 is 0.897 bits per heavy atom. The van der Waals surface area contributed by atoms with Crippen LogP contribution in [0.4, 0.5) is 0 Å². The average Bonchev–Trinajstić information content (AvgIpc) is 3.26. The van der Waals surface area contributed by atoms with E-state index in [-0.39, 0.29) is 5.91 Å². The smallest absolute Gasteiger partial charge is 0.272 e. The maximum Gasteiger partial charge on any atom is 0.289 e. The van der Waals surface area contributed by atoms with Crippen LogP contribution in [0.5, 0.6) is 0 Å². The number of H-pyrrole nitrogens is 1. The monoisotopic (exact) mass is 400 g/mol. The van der Waals surface area contributed by atoms with Crippen molar-refractivity contribution in [1.82, 2.24) is 15.6 Å². The molecular weight excluding hydrogens is 384 g/mol. The van der Waals surface area contributed by atoms with Gasteiger partial charge in [0.1, 0.15) is 5.69 Å². The molecule has 5 nitrogen and oxygen atoms in total. The first kappa shape index (κ1) is 18.7. The molecule has 0 aliphatic carbocycles. The van der Waals surface area contributed by atoms with Crippen molar-refractivity contribution < 1.29 is 4.79 Å². The molecule has 29 heavy (non-hydrogen) atoms. The molecule has 0 radical (unpaired) electrons. The van der Waals surface area contributed by atoms with Crippen LogP contribution in [0.1, 0.15) is 16.1 Å². The zero-order valence-corrected chi connectivity index (χ0v) is 16.1. The van der Waals surface area contributed by atoms with Gasteiger partial charge in [-0.2, -0.15) is 10.2 Å². The lowest BCUT2D eigenvalue weighted by Gasteiger charge is -2.02. The lowest BCUT2D eigenvalue weighted by molar-refractivity contribution is 0.0950. The molecular formula is C23H17ClN4O. The molecule has 4 aromatic rings. The molecule has 142 valence electrons. The highest BCUT2D eigenvalue weighted by Crippen LogP contribution is 2.24. The second-order valence-electron chi connectivity index (χ2n) is 6.36. The summed E-state index contributed by atoms with van der Waals surface area (Å²) in [5.74, 6) is -0.366. The van der Waals surface area contributed by atoms with Gasteiger partial charge < -0.3 is 0 Å². The van der Waals surface area contributed by atoms with E-state index in [9.17, 15) is 4.79 Å². The Morgan fingerprint density at radius 3 is 2.28 bits per heavy atom. The summed E-state index contributed by atoms with van der Waals surface area (Å²) in [5, 5.41) is 11.6. The first-order valence-corrected chi connectivity index (χ1v) is 9.37. The zero-order valence-electron chi connectivity index (χ0n) is 15.3. The first-order chi connectivity index (χ1) is 14.2. The number of rotatable bonds is 5. The molecule has 0 saturated heterocycles. The van der Waals surface area contributed by atoms with E-state index in [4.69, 9.17) is 11.6 Å². The average molecular weight is 401 g/mol. The fourth-order valence-corrected chi connectivity index (χ4v) is 2.95. The van der Waals surface area contributed by atoms with Crippen LogP contribution >= 0.6 is 11.6 Å². The molecule has 0 fully saturated rings. The fourth-order valence-electron chi connectivity index (χ4n) is 2.82. The van der Waals surface area contributed by atoms with E-state index in [1.807, 2.05) is 54.6 Å². The molecule has 0 aliphatic rings. The minimum atomic E-state index is -0.366. The van der Waals surface area contributed by atoms with Gasteiger partial charge in [0, 0.05) is 10.6 Å². The number of aromatic amines is 1. The van der Waals surface area contributed by atoms with Gasteiger partial charge in [0.25, 0.3) is 5.91 Å². The summed E-state index contributed by atoms with van der Waals surface area (Å²) in [6.07, 6.45) is 1.55. The van der Waals surface area contributed by atoms with Crippen molar-refractivity contribution in [3.63, 3.8) is 0 Å². The van der Waals surface area contributed by atoms with Gasteiger partial charge in [0.15, 0.2) is 0 Å². The molecule has 3 aromatic carbocycles.